The molecule has 0 spiro atoms. The van der Waals surface area contributed by atoms with Crippen LogP contribution in [-0.2, 0) is 6.42 Å². The van der Waals surface area contributed by atoms with Gasteiger partial charge in [0, 0.05) is 28.9 Å². The van der Waals surface area contributed by atoms with E-state index in [-0.39, 0.29) is 17.8 Å². The minimum absolute atomic E-state index is 0.0151. The third kappa shape index (κ3) is 1.82. The molecule has 2 aromatic heterocycles. The molecule has 0 bridgehead atoms. The van der Waals surface area contributed by atoms with Crippen LogP contribution in [0.25, 0.3) is 11.3 Å². The van der Waals surface area contributed by atoms with Crippen LogP contribution in [-0.4, -0.2) is 19.6 Å². The van der Waals surface area contributed by atoms with Gasteiger partial charge in [0.15, 0.2) is 0 Å². The summed E-state index contributed by atoms with van der Waals surface area (Å²) in [4.78, 5) is 8.63. The maximum absolute atomic E-state index is 13.7. The average Bonchev–Trinajstić information content (AvgIpc) is 3.17. The number of hydrogen-bond acceptors (Lipinski definition) is 3. The molecule has 1 aliphatic heterocycles. The quantitative estimate of drug-likeness (QED) is 0.748. The number of aryl methyl sites for hydroxylation is 1. The summed E-state index contributed by atoms with van der Waals surface area (Å²) in [6.45, 7) is 0. The van der Waals surface area contributed by atoms with Crippen molar-refractivity contribution < 1.29 is 9.50 Å². The lowest BCUT2D eigenvalue weighted by atomic mass is 9.77. The molecular formula is C19H16FN3O. The fourth-order valence-corrected chi connectivity index (χ4v) is 4.28. The van der Waals surface area contributed by atoms with Gasteiger partial charge in [0.2, 0.25) is 0 Å². The molecule has 0 fully saturated rings. The first-order valence-corrected chi connectivity index (χ1v) is 8.17. The number of halogens is 1. The molecular weight excluding hydrogens is 305 g/mol. The van der Waals surface area contributed by atoms with E-state index in [4.69, 9.17) is 0 Å². The largest absolute Gasteiger partial charge is 0.388 e. The van der Waals surface area contributed by atoms with E-state index in [0.29, 0.717) is 0 Å². The molecule has 4 nitrogen and oxygen atoms in total. The van der Waals surface area contributed by atoms with Gasteiger partial charge in [0.25, 0.3) is 0 Å². The van der Waals surface area contributed by atoms with Crippen LogP contribution in [0.1, 0.15) is 35.4 Å². The molecule has 3 aromatic rings. The van der Waals surface area contributed by atoms with E-state index < -0.39 is 6.10 Å². The Labute approximate surface area is 138 Å². The summed E-state index contributed by atoms with van der Waals surface area (Å²) < 4.78 is 15.8. The summed E-state index contributed by atoms with van der Waals surface area (Å²) in [7, 11) is 0. The Morgan fingerprint density at radius 2 is 2.12 bits per heavy atom. The van der Waals surface area contributed by atoms with Gasteiger partial charge in [-0.3, -0.25) is 4.98 Å². The third-order valence-electron chi connectivity index (χ3n) is 5.35. The standard InChI is InChI=1S/C19H16FN3O/c20-11-3-4-12-15(8-11)17-9-21-10-23(17)18(12)14-5-6-16-13(19(14)24)2-1-7-22-16/h1-4,7-10,14,18-19,24H,5-6H2/t14-,18+,19+/m1/s1. The number of imidazole rings is 1. The average molecular weight is 321 g/mol. The number of aliphatic hydroxyl groups is 1. The molecule has 1 N–H and O–H groups in total. The molecule has 0 saturated carbocycles. The first kappa shape index (κ1) is 13.9. The van der Waals surface area contributed by atoms with Gasteiger partial charge in [-0.15, -0.1) is 0 Å². The highest BCUT2D eigenvalue weighted by molar-refractivity contribution is 5.69. The van der Waals surface area contributed by atoms with Gasteiger partial charge < -0.3 is 9.67 Å². The molecule has 0 amide bonds. The Morgan fingerprint density at radius 1 is 1.21 bits per heavy atom. The zero-order chi connectivity index (χ0) is 16.3. The second-order valence-electron chi connectivity index (χ2n) is 6.55. The van der Waals surface area contributed by atoms with E-state index in [0.717, 1.165) is 40.9 Å². The van der Waals surface area contributed by atoms with Crippen LogP contribution in [0, 0.1) is 11.7 Å². The molecule has 24 heavy (non-hydrogen) atoms. The summed E-state index contributed by atoms with van der Waals surface area (Å²) in [5.74, 6) is -0.234. The molecule has 5 heteroatoms. The summed E-state index contributed by atoms with van der Waals surface area (Å²) in [5, 5.41) is 11.0. The Balaban J connectivity index is 1.64. The Kier molecular flexibility index (Phi) is 2.88. The second kappa shape index (κ2) is 4.98. The molecule has 0 saturated heterocycles. The van der Waals surface area contributed by atoms with Crippen LogP contribution in [0.4, 0.5) is 4.39 Å². The van der Waals surface area contributed by atoms with Crippen LogP contribution in [0.3, 0.4) is 0 Å². The van der Waals surface area contributed by atoms with Crippen LogP contribution in [0.2, 0.25) is 0 Å². The minimum atomic E-state index is -0.585. The van der Waals surface area contributed by atoms with Gasteiger partial charge in [-0.2, -0.15) is 0 Å². The monoisotopic (exact) mass is 321 g/mol. The summed E-state index contributed by atoms with van der Waals surface area (Å²) in [6, 6.07) is 8.69. The lowest BCUT2D eigenvalue weighted by molar-refractivity contribution is 0.0710. The SMILES string of the molecule is O[C@H]1c2cccnc2CC[C@@H]1[C@@H]1c2ccc(F)cc2-c2cncn21. The highest BCUT2D eigenvalue weighted by Gasteiger charge is 2.40. The molecule has 2 aliphatic rings. The first-order chi connectivity index (χ1) is 11.7. The van der Waals surface area contributed by atoms with Crippen molar-refractivity contribution in [1.82, 2.24) is 14.5 Å². The van der Waals surface area contributed by atoms with Gasteiger partial charge in [-0.1, -0.05) is 12.1 Å². The van der Waals surface area contributed by atoms with Gasteiger partial charge in [0.1, 0.15) is 5.82 Å². The highest BCUT2D eigenvalue weighted by atomic mass is 19.1. The van der Waals surface area contributed by atoms with Crippen molar-refractivity contribution in [1.29, 1.82) is 0 Å². The highest BCUT2D eigenvalue weighted by Crippen LogP contribution is 2.49. The number of hydrogen-bond donors (Lipinski definition) is 1. The maximum Gasteiger partial charge on any atom is 0.123 e. The van der Waals surface area contributed by atoms with Crippen molar-refractivity contribution in [2.24, 2.45) is 5.92 Å². The number of rotatable bonds is 1. The van der Waals surface area contributed by atoms with Crippen molar-refractivity contribution in [2.75, 3.05) is 0 Å². The molecule has 120 valence electrons. The zero-order valence-electron chi connectivity index (χ0n) is 12.9. The van der Waals surface area contributed by atoms with Gasteiger partial charge in [-0.25, -0.2) is 9.37 Å². The number of fused-ring (bicyclic) bond motifs is 4. The normalized spacial score (nSPS) is 24.3. The number of aromatic nitrogens is 3. The number of pyridine rings is 1. The number of benzene rings is 1. The summed E-state index contributed by atoms with van der Waals surface area (Å²) in [5.41, 5.74) is 4.74. The fraction of sp³-hybridized carbons (Fsp3) is 0.263. The zero-order valence-corrected chi connectivity index (χ0v) is 12.9. The number of aliphatic hydroxyl groups excluding tert-OH is 1. The van der Waals surface area contributed by atoms with E-state index in [2.05, 4.69) is 14.5 Å². The smallest absolute Gasteiger partial charge is 0.123 e. The van der Waals surface area contributed by atoms with E-state index in [1.54, 1.807) is 24.8 Å². The fourth-order valence-electron chi connectivity index (χ4n) is 4.28. The Hall–Kier alpha value is -2.53. The molecule has 3 atom stereocenters. The van der Waals surface area contributed by atoms with Gasteiger partial charge >= 0.3 is 0 Å². The van der Waals surface area contributed by atoms with Crippen LogP contribution >= 0.6 is 0 Å². The topological polar surface area (TPSA) is 50.9 Å². The van der Waals surface area contributed by atoms with Crippen LogP contribution in [0.5, 0.6) is 0 Å². The number of nitrogens with zero attached hydrogens (tertiary/aromatic N) is 3. The van der Waals surface area contributed by atoms with Gasteiger partial charge in [0.05, 0.1) is 30.4 Å². The van der Waals surface area contributed by atoms with E-state index in [9.17, 15) is 9.50 Å². The maximum atomic E-state index is 13.7. The van der Waals surface area contributed by atoms with Crippen LogP contribution < -0.4 is 0 Å². The first-order valence-electron chi connectivity index (χ1n) is 8.17. The lowest BCUT2D eigenvalue weighted by Crippen LogP contribution is -2.29. The Bertz CT molecular complexity index is 936. The van der Waals surface area contributed by atoms with Crippen molar-refractivity contribution in [2.45, 2.75) is 25.0 Å². The molecule has 1 aliphatic carbocycles. The predicted molar refractivity (Wildman–Crippen MR) is 86.8 cm³/mol. The van der Waals surface area contributed by atoms with Gasteiger partial charge in [-0.05, 0) is 36.6 Å². The Morgan fingerprint density at radius 3 is 3.04 bits per heavy atom. The second-order valence-corrected chi connectivity index (χ2v) is 6.55. The molecule has 0 unspecified atom stereocenters. The van der Waals surface area contributed by atoms with Crippen LogP contribution in [0.15, 0.2) is 49.1 Å². The summed E-state index contributed by atoms with van der Waals surface area (Å²) in [6.07, 6.45) is 6.41. The molecule has 0 radical (unpaired) electrons. The van der Waals surface area contributed by atoms with Crippen molar-refractivity contribution in [3.8, 4) is 11.3 Å². The van der Waals surface area contributed by atoms with Crippen molar-refractivity contribution in [3.63, 3.8) is 0 Å². The van der Waals surface area contributed by atoms with Crippen molar-refractivity contribution in [3.05, 3.63) is 71.7 Å². The van der Waals surface area contributed by atoms with E-state index in [1.807, 2.05) is 18.2 Å². The molecule has 1 aromatic carbocycles. The minimum Gasteiger partial charge on any atom is -0.388 e. The van der Waals surface area contributed by atoms with Crippen molar-refractivity contribution >= 4 is 0 Å². The summed E-state index contributed by atoms with van der Waals surface area (Å²) >= 11 is 0. The van der Waals surface area contributed by atoms with E-state index in [1.165, 1.54) is 6.07 Å². The molecule has 5 rings (SSSR count). The third-order valence-corrected chi connectivity index (χ3v) is 5.35. The lowest BCUT2D eigenvalue weighted by Gasteiger charge is -2.34. The predicted octanol–water partition coefficient (Wildman–Crippen LogP) is 3.28. The molecule has 3 heterocycles. The van der Waals surface area contributed by atoms with E-state index >= 15 is 0 Å².